The summed E-state index contributed by atoms with van der Waals surface area (Å²) < 4.78 is 23.4. The molecule has 10 heteroatoms. The topological polar surface area (TPSA) is 124 Å². The lowest BCUT2D eigenvalue weighted by Gasteiger charge is -2.26. The number of rotatable bonds is 8. The highest BCUT2D eigenvalue weighted by Gasteiger charge is 2.15. The van der Waals surface area contributed by atoms with Crippen molar-refractivity contribution in [1.82, 2.24) is 19.4 Å². The number of morpholine rings is 1. The first kappa shape index (κ1) is 23.3. The minimum atomic E-state index is -1.55. The van der Waals surface area contributed by atoms with Gasteiger partial charge in [-0.3, -0.25) is 4.90 Å². The first-order valence-corrected chi connectivity index (χ1v) is 12.8. The second kappa shape index (κ2) is 10.4. The van der Waals surface area contributed by atoms with Gasteiger partial charge in [0.15, 0.2) is 11.0 Å². The van der Waals surface area contributed by atoms with Crippen LogP contribution in [-0.4, -0.2) is 56.5 Å². The van der Waals surface area contributed by atoms with Gasteiger partial charge in [-0.05, 0) is 42.3 Å². The minimum absolute atomic E-state index is 0.231. The van der Waals surface area contributed by atoms with Gasteiger partial charge in [0.05, 0.1) is 24.2 Å². The molecule has 5 N–H and O–H groups in total. The fraction of sp³-hybridized carbons (Fsp3) is 0.280. The molecule has 9 nitrogen and oxygen atoms in total. The van der Waals surface area contributed by atoms with Gasteiger partial charge in [0.25, 0.3) is 0 Å². The molecule has 1 saturated heterocycles. The number of anilines is 3. The standard InChI is InChI=1S/C25H29N7O2S/c26-24-23(35(33)30-20-5-2-1-3-6-20)16-19(17-28-24)18-7-8-21-22(15-18)32(25(27)29-21)10-4-9-31-11-13-34-14-12-31/h1-3,5-8,15-17,30H,4,9-14H2,(H2,26,28)(H2,27,29). The van der Waals surface area contributed by atoms with E-state index in [1.54, 1.807) is 6.20 Å². The van der Waals surface area contributed by atoms with E-state index >= 15 is 0 Å². The molecule has 3 heterocycles. The maximum absolute atomic E-state index is 13.0. The Kier molecular flexibility index (Phi) is 6.94. The first-order valence-electron chi connectivity index (χ1n) is 11.6. The van der Waals surface area contributed by atoms with Crippen LogP contribution in [0.3, 0.4) is 0 Å². The molecule has 0 bridgehead atoms. The van der Waals surface area contributed by atoms with Crippen LogP contribution >= 0.6 is 0 Å². The van der Waals surface area contributed by atoms with E-state index in [-0.39, 0.29) is 5.82 Å². The Labute approximate surface area is 206 Å². The predicted octanol–water partition coefficient (Wildman–Crippen LogP) is 3.12. The third kappa shape index (κ3) is 5.29. The number of hydrogen-bond acceptors (Lipinski definition) is 7. The third-order valence-corrected chi connectivity index (χ3v) is 7.28. The van der Waals surface area contributed by atoms with E-state index in [0.29, 0.717) is 10.8 Å². The molecule has 1 atom stereocenters. The number of nitrogens with zero attached hydrogens (tertiary/aromatic N) is 4. The SMILES string of the molecule is Nc1ncc(-c2ccc3nc(N)n(CCCN4CCOCC4)c3c2)cc1S(=O)Nc1ccccc1. The zero-order valence-electron chi connectivity index (χ0n) is 19.4. The number of pyridine rings is 1. The molecule has 0 spiro atoms. The van der Waals surface area contributed by atoms with Crippen molar-refractivity contribution in [3.8, 4) is 11.1 Å². The summed E-state index contributed by atoms with van der Waals surface area (Å²) in [6.45, 7) is 5.30. The van der Waals surface area contributed by atoms with Gasteiger partial charge in [-0.2, -0.15) is 0 Å². The van der Waals surface area contributed by atoms with Gasteiger partial charge < -0.3 is 25.5 Å². The van der Waals surface area contributed by atoms with E-state index in [1.807, 2.05) is 48.5 Å². The molecule has 1 aliphatic heterocycles. The molecule has 1 unspecified atom stereocenters. The average molecular weight is 492 g/mol. The van der Waals surface area contributed by atoms with Crippen LogP contribution in [0.1, 0.15) is 6.42 Å². The number of ether oxygens (including phenoxy) is 1. The quantitative estimate of drug-likeness (QED) is 0.346. The number of nitrogens with one attached hydrogen (secondary N) is 1. The van der Waals surface area contributed by atoms with Crippen molar-refractivity contribution >= 4 is 39.5 Å². The van der Waals surface area contributed by atoms with Gasteiger partial charge in [-0.15, -0.1) is 0 Å². The van der Waals surface area contributed by atoms with Crippen LogP contribution in [0.5, 0.6) is 0 Å². The molecule has 2 aromatic heterocycles. The summed E-state index contributed by atoms with van der Waals surface area (Å²) in [7, 11) is -1.55. The van der Waals surface area contributed by atoms with E-state index in [0.717, 1.165) is 73.7 Å². The van der Waals surface area contributed by atoms with Crippen LogP contribution in [-0.2, 0) is 22.3 Å². The summed E-state index contributed by atoms with van der Waals surface area (Å²) in [5.41, 5.74) is 16.6. The average Bonchev–Trinajstić information content (AvgIpc) is 3.20. The molecular weight excluding hydrogens is 462 g/mol. The fourth-order valence-corrected chi connectivity index (χ4v) is 5.20. The summed E-state index contributed by atoms with van der Waals surface area (Å²) in [5.74, 6) is 0.734. The Morgan fingerprint density at radius 2 is 1.80 bits per heavy atom. The highest BCUT2D eigenvalue weighted by molar-refractivity contribution is 7.86. The van der Waals surface area contributed by atoms with Gasteiger partial charge in [-0.25, -0.2) is 14.2 Å². The lowest BCUT2D eigenvalue weighted by Crippen LogP contribution is -2.37. The number of benzene rings is 2. The zero-order chi connectivity index (χ0) is 24.2. The molecule has 1 aliphatic rings. The molecular formula is C25H29N7O2S. The summed E-state index contributed by atoms with van der Waals surface area (Å²) in [6.07, 6.45) is 2.67. The molecule has 2 aromatic carbocycles. The Hall–Kier alpha value is -3.47. The van der Waals surface area contributed by atoms with Crippen LogP contribution in [0, 0.1) is 0 Å². The second-order valence-corrected chi connectivity index (χ2v) is 9.66. The Bertz CT molecular complexity index is 1340. The Balaban J connectivity index is 1.38. The second-order valence-electron chi connectivity index (χ2n) is 8.48. The summed E-state index contributed by atoms with van der Waals surface area (Å²) in [5, 5.41) is 0. The number of para-hydroxylation sites is 1. The van der Waals surface area contributed by atoms with Gasteiger partial charge in [0.1, 0.15) is 10.7 Å². The molecule has 0 aliphatic carbocycles. The molecule has 5 rings (SSSR count). The maximum atomic E-state index is 13.0. The van der Waals surface area contributed by atoms with Gasteiger partial charge in [0, 0.05) is 43.6 Å². The zero-order valence-corrected chi connectivity index (χ0v) is 20.2. The van der Waals surface area contributed by atoms with Crippen molar-refractivity contribution < 1.29 is 8.95 Å². The predicted molar refractivity (Wildman–Crippen MR) is 140 cm³/mol. The van der Waals surface area contributed by atoms with E-state index in [1.165, 1.54) is 0 Å². The number of nitrogens with two attached hydrogens (primary N) is 2. The van der Waals surface area contributed by atoms with Crippen molar-refractivity contribution in [3.05, 3.63) is 60.8 Å². The normalized spacial score (nSPS) is 15.3. The monoisotopic (exact) mass is 491 g/mol. The number of fused-ring (bicyclic) bond motifs is 1. The molecule has 4 aromatic rings. The summed E-state index contributed by atoms with van der Waals surface area (Å²) in [4.78, 5) is 11.7. The fourth-order valence-electron chi connectivity index (χ4n) is 4.26. The van der Waals surface area contributed by atoms with E-state index < -0.39 is 11.0 Å². The molecule has 0 radical (unpaired) electrons. The van der Waals surface area contributed by atoms with E-state index in [9.17, 15) is 4.21 Å². The molecule has 182 valence electrons. The lowest BCUT2D eigenvalue weighted by atomic mass is 10.1. The summed E-state index contributed by atoms with van der Waals surface area (Å²) in [6, 6.07) is 17.2. The number of aromatic nitrogens is 3. The van der Waals surface area contributed by atoms with Crippen LogP contribution in [0.2, 0.25) is 0 Å². The smallest absolute Gasteiger partial charge is 0.201 e. The molecule has 1 fully saturated rings. The van der Waals surface area contributed by atoms with Crippen molar-refractivity contribution in [2.75, 3.05) is 49.0 Å². The largest absolute Gasteiger partial charge is 0.383 e. The highest BCUT2D eigenvalue weighted by atomic mass is 32.2. The van der Waals surface area contributed by atoms with Crippen LogP contribution in [0.25, 0.3) is 22.2 Å². The minimum Gasteiger partial charge on any atom is -0.383 e. The Morgan fingerprint density at radius 1 is 1.00 bits per heavy atom. The van der Waals surface area contributed by atoms with Crippen LogP contribution in [0.4, 0.5) is 17.5 Å². The van der Waals surface area contributed by atoms with Crippen LogP contribution < -0.4 is 16.2 Å². The number of nitrogen functional groups attached to an aromatic ring is 2. The van der Waals surface area contributed by atoms with Crippen molar-refractivity contribution in [1.29, 1.82) is 0 Å². The summed E-state index contributed by atoms with van der Waals surface area (Å²) >= 11 is 0. The van der Waals surface area contributed by atoms with Crippen LogP contribution in [0.15, 0.2) is 65.7 Å². The molecule has 0 saturated carbocycles. The van der Waals surface area contributed by atoms with E-state index in [4.69, 9.17) is 16.2 Å². The van der Waals surface area contributed by atoms with E-state index in [2.05, 4.69) is 30.2 Å². The van der Waals surface area contributed by atoms with Crippen molar-refractivity contribution in [2.45, 2.75) is 17.9 Å². The molecule has 0 amide bonds. The maximum Gasteiger partial charge on any atom is 0.201 e. The lowest BCUT2D eigenvalue weighted by molar-refractivity contribution is 0.0370. The Morgan fingerprint density at radius 3 is 2.60 bits per heavy atom. The number of hydrogen-bond donors (Lipinski definition) is 3. The first-order chi connectivity index (χ1) is 17.1. The molecule has 35 heavy (non-hydrogen) atoms. The van der Waals surface area contributed by atoms with Crippen molar-refractivity contribution in [3.63, 3.8) is 0 Å². The highest BCUT2D eigenvalue weighted by Crippen LogP contribution is 2.29. The number of aryl methyl sites for hydroxylation is 1. The number of imidazole rings is 1. The third-order valence-electron chi connectivity index (χ3n) is 6.14. The van der Waals surface area contributed by atoms with Crippen molar-refractivity contribution in [2.24, 2.45) is 0 Å². The van der Waals surface area contributed by atoms with Gasteiger partial charge in [-0.1, -0.05) is 24.3 Å². The van der Waals surface area contributed by atoms with Gasteiger partial charge in [0.2, 0.25) is 5.95 Å². The van der Waals surface area contributed by atoms with Gasteiger partial charge >= 0.3 is 0 Å².